The topological polar surface area (TPSA) is 120 Å². The van der Waals surface area contributed by atoms with Gasteiger partial charge in [-0.2, -0.15) is 4.98 Å². The first-order valence-electron chi connectivity index (χ1n) is 6.40. The molecule has 1 saturated heterocycles. The van der Waals surface area contributed by atoms with Gasteiger partial charge < -0.3 is 25.4 Å². The molecule has 0 spiro atoms. The fourth-order valence-corrected chi connectivity index (χ4v) is 2.23. The van der Waals surface area contributed by atoms with Crippen molar-refractivity contribution in [1.29, 1.82) is 0 Å². The van der Waals surface area contributed by atoms with E-state index in [-0.39, 0.29) is 12.4 Å². The largest absolute Gasteiger partial charge is 0.394 e. The molecule has 1 unspecified atom stereocenters. The summed E-state index contributed by atoms with van der Waals surface area (Å²) < 4.78 is 12.2. The Balaban J connectivity index is 2.39. The summed E-state index contributed by atoms with van der Waals surface area (Å²) in [7, 11) is 0. The van der Waals surface area contributed by atoms with Crippen LogP contribution >= 0.6 is 0 Å². The van der Waals surface area contributed by atoms with Gasteiger partial charge in [-0.25, -0.2) is 4.79 Å². The lowest BCUT2D eigenvalue weighted by molar-refractivity contribution is -0.0716. The molecule has 1 aromatic heterocycles. The van der Waals surface area contributed by atoms with Crippen LogP contribution in [0.5, 0.6) is 0 Å². The number of nitrogens with zero attached hydrogens (tertiary/aromatic N) is 2. The van der Waals surface area contributed by atoms with Gasteiger partial charge >= 0.3 is 5.69 Å². The van der Waals surface area contributed by atoms with Crippen LogP contribution in [-0.4, -0.2) is 51.3 Å². The minimum atomic E-state index is -1.02. The van der Waals surface area contributed by atoms with Gasteiger partial charge in [0.2, 0.25) is 0 Å². The molecule has 1 aliphatic heterocycles. The molecule has 112 valence electrons. The maximum Gasteiger partial charge on any atom is 0.351 e. The summed E-state index contributed by atoms with van der Waals surface area (Å²) in [5.74, 6) is 0.150. The van der Waals surface area contributed by atoms with Gasteiger partial charge in [-0.05, 0) is 13.8 Å². The predicted molar refractivity (Wildman–Crippen MR) is 70.1 cm³/mol. The van der Waals surface area contributed by atoms with Crippen LogP contribution in [0.1, 0.15) is 18.7 Å². The van der Waals surface area contributed by atoms with Crippen LogP contribution in [0.4, 0.5) is 5.82 Å². The van der Waals surface area contributed by atoms with Crippen molar-refractivity contribution in [2.24, 2.45) is 0 Å². The second kappa shape index (κ2) is 5.88. The highest BCUT2D eigenvalue weighted by molar-refractivity contribution is 5.35. The summed E-state index contributed by atoms with van der Waals surface area (Å²) in [6.45, 7) is 3.46. The van der Waals surface area contributed by atoms with Crippen molar-refractivity contribution in [1.82, 2.24) is 9.55 Å². The van der Waals surface area contributed by atoms with Crippen LogP contribution in [0.25, 0.3) is 0 Å². The number of ether oxygens (including phenoxy) is 2. The Morgan fingerprint density at radius 1 is 1.60 bits per heavy atom. The van der Waals surface area contributed by atoms with Crippen LogP contribution < -0.4 is 11.4 Å². The zero-order valence-corrected chi connectivity index (χ0v) is 11.4. The molecule has 0 aliphatic carbocycles. The molecule has 1 aliphatic rings. The highest BCUT2D eigenvalue weighted by Crippen LogP contribution is 2.30. The number of aromatic nitrogens is 2. The van der Waals surface area contributed by atoms with Gasteiger partial charge in [-0.1, -0.05) is 0 Å². The molecule has 0 saturated carbocycles. The van der Waals surface area contributed by atoms with E-state index in [9.17, 15) is 15.0 Å². The smallest absolute Gasteiger partial charge is 0.351 e. The van der Waals surface area contributed by atoms with Crippen LogP contribution in [0, 0.1) is 6.92 Å². The third kappa shape index (κ3) is 2.55. The lowest BCUT2D eigenvalue weighted by atomic mass is 10.1. The minimum Gasteiger partial charge on any atom is -0.394 e. The molecule has 20 heavy (non-hydrogen) atoms. The van der Waals surface area contributed by atoms with Gasteiger partial charge in [0.1, 0.15) is 24.1 Å². The molecule has 1 aromatic rings. The zero-order valence-electron chi connectivity index (χ0n) is 11.4. The first-order chi connectivity index (χ1) is 9.49. The number of aliphatic hydroxyl groups is 2. The molecule has 0 radical (unpaired) electrons. The molecule has 2 heterocycles. The number of hydrogen-bond acceptors (Lipinski definition) is 7. The second-order valence-corrected chi connectivity index (χ2v) is 4.66. The number of nitrogens with two attached hydrogens (primary N) is 1. The van der Waals surface area contributed by atoms with E-state index in [2.05, 4.69) is 4.98 Å². The summed E-state index contributed by atoms with van der Waals surface area (Å²) in [5.41, 5.74) is 5.60. The maximum atomic E-state index is 11.9. The van der Waals surface area contributed by atoms with Gasteiger partial charge in [0.15, 0.2) is 6.23 Å². The highest BCUT2D eigenvalue weighted by Gasteiger charge is 2.45. The van der Waals surface area contributed by atoms with E-state index in [1.54, 1.807) is 13.8 Å². The Bertz CT molecular complexity index is 532. The molecule has 0 bridgehead atoms. The van der Waals surface area contributed by atoms with Crippen molar-refractivity contribution in [3.63, 3.8) is 0 Å². The summed E-state index contributed by atoms with van der Waals surface area (Å²) in [4.78, 5) is 15.6. The lowest BCUT2D eigenvalue weighted by Gasteiger charge is -2.22. The number of rotatable bonds is 4. The molecule has 4 atom stereocenters. The standard InChI is InChI=1S/C12H19N3O5/c1-3-19-9-8(17)7(5-16)20-11(9)15-4-6(2)10(13)14-12(15)18/h4,7-9,11,16-17H,3,5H2,1-2H3,(H2,13,14,18)/t7-,8?,9+,11-/m1/s1. The molecule has 1 fully saturated rings. The average Bonchev–Trinajstić information content (AvgIpc) is 2.72. The Morgan fingerprint density at radius 2 is 2.30 bits per heavy atom. The first-order valence-corrected chi connectivity index (χ1v) is 6.40. The van der Waals surface area contributed by atoms with Crippen molar-refractivity contribution >= 4 is 5.82 Å². The van der Waals surface area contributed by atoms with Crippen molar-refractivity contribution in [3.8, 4) is 0 Å². The van der Waals surface area contributed by atoms with Gasteiger partial charge in [0, 0.05) is 18.4 Å². The Hall–Kier alpha value is -1.48. The van der Waals surface area contributed by atoms with Crippen molar-refractivity contribution in [2.75, 3.05) is 18.9 Å². The molecule has 2 rings (SSSR count). The molecular formula is C12H19N3O5. The van der Waals surface area contributed by atoms with E-state index < -0.39 is 30.2 Å². The number of nitrogen functional groups attached to an aromatic ring is 1. The number of anilines is 1. The zero-order chi connectivity index (χ0) is 14.9. The SMILES string of the molecule is CCO[C@H]1C(O)[C@@H](CO)O[C@H]1n1cc(C)c(N)nc1=O. The number of aryl methyl sites for hydroxylation is 1. The first kappa shape index (κ1) is 14.9. The normalized spacial score (nSPS) is 29.8. The molecule has 4 N–H and O–H groups in total. The van der Waals surface area contributed by atoms with Gasteiger partial charge in [0.25, 0.3) is 0 Å². The van der Waals surface area contributed by atoms with E-state index in [1.807, 2.05) is 0 Å². The predicted octanol–water partition coefficient (Wildman–Crippen LogP) is -1.21. The van der Waals surface area contributed by atoms with Crippen LogP contribution in [-0.2, 0) is 9.47 Å². The molecular weight excluding hydrogens is 266 g/mol. The van der Waals surface area contributed by atoms with E-state index in [4.69, 9.17) is 15.2 Å². The van der Waals surface area contributed by atoms with Gasteiger partial charge in [0.05, 0.1) is 6.61 Å². The van der Waals surface area contributed by atoms with E-state index in [1.165, 1.54) is 10.8 Å². The van der Waals surface area contributed by atoms with Crippen molar-refractivity contribution < 1.29 is 19.7 Å². The van der Waals surface area contributed by atoms with Crippen LogP contribution in [0.2, 0.25) is 0 Å². The minimum absolute atomic E-state index is 0.150. The summed E-state index contributed by atoms with van der Waals surface area (Å²) in [6, 6.07) is 0. The molecule has 0 aromatic carbocycles. The van der Waals surface area contributed by atoms with Crippen molar-refractivity contribution in [2.45, 2.75) is 38.4 Å². The quantitative estimate of drug-likeness (QED) is 0.635. The lowest BCUT2D eigenvalue weighted by Crippen LogP contribution is -2.38. The number of hydrogen-bond donors (Lipinski definition) is 3. The van der Waals surface area contributed by atoms with Crippen LogP contribution in [0.15, 0.2) is 11.0 Å². The number of aliphatic hydroxyl groups excluding tert-OH is 2. The fraction of sp³-hybridized carbons (Fsp3) is 0.667. The summed E-state index contributed by atoms with van der Waals surface area (Å²) in [5, 5.41) is 19.2. The van der Waals surface area contributed by atoms with Gasteiger partial charge in [-0.3, -0.25) is 4.57 Å². The Morgan fingerprint density at radius 3 is 2.90 bits per heavy atom. The Labute approximate surface area is 115 Å². The fourth-order valence-electron chi connectivity index (χ4n) is 2.23. The van der Waals surface area contributed by atoms with E-state index in [0.29, 0.717) is 12.2 Å². The molecule has 8 nitrogen and oxygen atoms in total. The van der Waals surface area contributed by atoms with Gasteiger partial charge in [-0.15, -0.1) is 0 Å². The second-order valence-electron chi connectivity index (χ2n) is 4.66. The summed E-state index contributed by atoms with van der Waals surface area (Å²) in [6.07, 6.45) is -1.91. The maximum absolute atomic E-state index is 11.9. The molecule has 0 amide bonds. The average molecular weight is 285 g/mol. The van der Waals surface area contributed by atoms with Crippen LogP contribution in [0.3, 0.4) is 0 Å². The Kier molecular flexibility index (Phi) is 4.39. The third-order valence-corrected chi connectivity index (χ3v) is 3.30. The van der Waals surface area contributed by atoms with Crippen molar-refractivity contribution in [3.05, 3.63) is 22.2 Å². The van der Waals surface area contributed by atoms with E-state index >= 15 is 0 Å². The van der Waals surface area contributed by atoms with E-state index in [0.717, 1.165) is 0 Å². The molecule has 8 heteroatoms. The third-order valence-electron chi connectivity index (χ3n) is 3.30. The highest BCUT2D eigenvalue weighted by atomic mass is 16.6. The monoisotopic (exact) mass is 285 g/mol. The summed E-state index contributed by atoms with van der Waals surface area (Å²) >= 11 is 0.